The molecule has 0 radical (unpaired) electrons. The molecule has 1 fully saturated rings. The van der Waals surface area contributed by atoms with Crippen molar-refractivity contribution in [2.45, 2.75) is 46.3 Å². The van der Waals surface area contributed by atoms with E-state index in [9.17, 15) is 5.11 Å². The van der Waals surface area contributed by atoms with Gasteiger partial charge in [0.25, 0.3) is 0 Å². The van der Waals surface area contributed by atoms with E-state index in [-0.39, 0.29) is 17.1 Å². The van der Waals surface area contributed by atoms with Crippen LogP contribution in [0.3, 0.4) is 0 Å². The molecule has 0 aromatic heterocycles. The maximum absolute atomic E-state index is 9.76. The fraction of sp³-hybridized carbons (Fsp3) is 1.00. The third-order valence-electron chi connectivity index (χ3n) is 4.16. The van der Waals surface area contributed by atoms with Crippen LogP contribution in [-0.2, 0) is 0 Å². The zero-order valence-corrected chi connectivity index (χ0v) is 11.7. The molecule has 1 saturated heterocycles. The van der Waals surface area contributed by atoms with Crippen molar-refractivity contribution in [2.75, 3.05) is 33.2 Å². The van der Waals surface area contributed by atoms with Gasteiger partial charge in [0.05, 0.1) is 6.10 Å². The molecule has 96 valence electrons. The molecule has 0 aliphatic carbocycles. The Morgan fingerprint density at radius 1 is 1.31 bits per heavy atom. The molecule has 1 atom stereocenters. The maximum Gasteiger partial charge on any atom is 0.0575 e. The Balaban J connectivity index is 2.58. The number of hydrogen-bond acceptors (Lipinski definition) is 3. The highest BCUT2D eigenvalue weighted by molar-refractivity contribution is 4.90. The number of piperazine rings is 1. The second-order valence-electron chi connectivity index (χ2n) is 6.61. The number of hydrogen-bond donors (Lipinski definition) is 1. The SMILES string of the molecule is CC(O)C(C)(C)CN1CCN(C)C(C)(C)C1. The lowest BCUT2D eigenvalue weighted by atomic mass is 9.86. The van der Waals surface area contributed by atoms with Gasteiger partial charge < -0.3 is 5.11 Å². The fourth-order valence-corrected chi connectivity index (χ4v) is 2.18. The van der Waals surface area contributed by atoms with Crippen LogP contribution in [0.4, 0.5) is 0 Å². The number of aliphatic hydroxyl groups is 1. The van der Waals surface area contributed by atoms with Crippen molar-refractivity contribution in [3.8, 4) is 0 Å². The monoisotopic (exact) mass is 228 g/mol. The third-order valence-corrected chi connectivity index (χ3v) is 4.16. The van der Waals surface area contributed by atoms with Crippen molar-refractivity contribution < 1.29 is 5.11 Å². The van der Waals surface area contributed by atoms with E-state index in [1.54, 1.807) is 0 Å². The van der Waals surface area contributed by atoms with Gasteiger partial charge in [0.1, 0.15) is 0 Å². The summed E-state index contributed by atoms with van der Waals surface area (Å²) in [4.78, 5) is 4.89. The minimum Gasteiger partial charge on any atom is -0.393 e. The summed E-state index contributed by atoms with van der Waals surface area (Å²) in [5, 5.41) is 9.76. The van der Waals surface area contributed by atoms with Crippen molar-refractivity contribution in [1.82, 2.24) is 9.80 Å². The van der Waals surface area contributed by atoms with Crippen molar-refractivity contribution in [2.24, 2.45) is 5.41 Å². The molecule has 16 heavy (non-hydrogen) atoms. The third kappa shape index (κ3) is 3.19. The van der Waals surface area contributed by atoms with E-state index in [2.05, 4.69) is 44.5 Å². The predicted molar refractivity (Wildman–Crippen MR) is 68.6 cm³/mol. The van der Waals surface area contributed by atoms with Gasteiger partial charge in [0.15, 0.2) is 0 Å². The number of nitrogens with zero attached hydrogens (tertiary/aromatic N) is 2. The molecule has 3 heteroatoms. The molecule has 0 amide bonds. The molecule has 1 rings (SSSR count). The van der Waals surface area contributed by atoms with Gasteiger partial charge in [0.2, 0.25) is 0 Å². The van der Waals surface area contributed by atoms with Crippen LogP contribution in [-0.4, -0.2) is 59.8 Å². The normalized spacial score (nSPS) is 25.7. The van der Waals surface area contributed by atoms with E-state index in [0.29, 0.717) is 0 Å². The Labute approximate surface area is 100 Å². The van der Waals surface area contributed by atoms with Gasteiger partial charge in [0, 0.05) is 37.1 Å². The summed E-state index contributed by atoms with van der Waals surface area (Å²) in [6.07, 6.45) is -0.254. The summed E-state index contributed by atoms with van der Waals surface area (Å²) in [5.74, 6) is 0. The van der Waals surface area contributed by atoms with Crippen LogP contribution in [0, 0.1) is 5.41 Å². The largest absolute Gasteiger partial charge is 0.393 e. The molecule has 0 bridgehead atoms. The molecule has 1 N–H and O–H groups in total. The Hall–Kier alpha value is -0.120. The van der Waals surface area contributed by atoms with Crippen LogP contribution in [0.5, 0.6) is 0 Å². The van der Waals surface area contributed by atoms with Gasteiger partial charge >= 0.3 is 0 Å². The lowest BCUT2D eigenvalue weighted by Gasteiger charge is -2.47. The summed E-state index contributed by atoms with van der Waals surface area (Å²) >= 11 is 0. The first-order valence-electron chi connectivity index (χ1n) is 6.27. The van der Waals surface area contributed by atoms with E-state index in [0.717, 1.165) is 26.2 Å². The van der Waals surface area contributed by atoms with Gasteiger partial charge in [-0.1, -0.05) is 13.8 Å². The van der Waals surface area contributed by atoms with Gasteiger partial charge in [-0.2, -0.15) is 0 Å². The zero-order valence-electron chi connectivity index (χ0n) is 11.7. The molecule has 0 spiro atoms. The maximum atomic E-state index is 9.76. The minimum absolute atomic E-state index is 0.0218. The summed E-state index contributed by atoms with van der Waals surface area (Å²) in [7, 11) is 2.19. The van der Waals surface area contributed by atoms with Crippen LogP contribution in [0.25, 0.3) is 0 Å². The van der Waals surface area contributed by atoms with Crippen molar-refractivity contribution >= 4 is 0 Å². The van der Waals surface area contributed by atoms with Gasteiger partial charge in [-0.15, -0.1) is 0 Å². The van der Waals surface area contributed by atoms with E-state index in [1.807, 2.05) is 6.92 Å². The number of rotatable bonds is 3. The average Bonchev–Trinajstić information content (AvgIpc) is 2.10. The van der Waals surface area contributed by atoms with Crippen molar-refractivity contribution in [1.29, 1.82) is 0 Å². The molecular formula is C13H28N2O. The fourth-order valence-electron chi connectivity index (χ4n) is 2.18. The molecular weight excluding hydrogens is 200 g/mol. The highest BCUT2D eigenvalue weighted by atomic mass is 16.3. The van der Waals surface area contributed by atoms with E-state index in [1.165, 1.54) is 0 Å². The first-order valence-corrected chi connectivity index (χ1v) is 6.27. The highest BCUT2D eigenvalue weighted by Gasteiger charge is 2.34. The van der Waals surface area contributed by atoms with Crippen molar-refractivity contribution in [3.05, 3.63) is 0 Å². The smallest absolute Gasteiger partial charge is 0.0575 e. The Morgan fingerprint density at radius 3 is 2.31 bits per heavy atom. The molecule has 0 aromatic rings. The quantitative estimate of drug-likeness (QED) is 0.791. The van der Waals surface area contributed by atoms with Crippen molar-refractivity contribution in [3.63, 3.8) is 0 Å². The summed E-state index contributed by atoms with van der Waals surface area (Å²) < 4.78 is 0. The second kappa shape index (κ2) is 4.63. The molecule has 1 aliphatic rings. The lowest BCUT2D eigenvalue weighted by molar-refractivity contribution is -0.0120. The first kappa shape index (κ1) is 13.9. The number of aliphatic hydroxyl groups excluding tert-OH is 1. The van der Waals surface area contributed by atoms with Crippen LogP contribution >= 0.6 is 0 Å². The number of likely N-dealkylation sites (N-methyl/N-ethyl adjacent to an activating group) is 1. The lowest BCUT2D eigenvalue weighted by Crippen LogP contribution is -2.59. The second-order valence-corrected chi connectivity index (χ2v) is 6.61. The van der Waals surface area contributed by atoms with Crippen LogP contribution in [0.15, 0.2) is 0 Å². The van der Waals surface area contributed by atoms with Crippen LogP contribution in [0.2, 0.25) is 0 Å². The molecule has 3 nitrogen and oxygen atoms in total. The summed E-state index contributed by atoms with van der Waals surface area (Å²) in [6.45, 7) is 15.0. The first-order chi connectivity index (χ1) is 7.15. The minimum atomic E-state index is -0.254. The molecule has 0 aromatic carbocycles. The Morgan fingerprint density at radius 2 is 1.88 bits per heavy atom. The zero-order chi connectivity index (χ0) is 12.6. The highest BCUT2D eigenvalue weighted by Crippen LogP contribution is 2.26. The predicted octanol–water partition coefficient (Wildman–Crippen LogP) is 1.42. The van der Waals surface area contributed by atoms with E-state index in [4.69, 9.17) is 0 Å². The summed E-state index contributed by atoms with van der Waals surface area (Å²) in [6, 6.07) is 0. The molecule has 0 saturated carbocycles. The van der Waals surface area contributed by atoms with Crippen LogP contribution in [0.1, 0.15) is 34.6 Å². The van der Waals surface area contributed by atoms with Gasteiger partial charge in [-0.3, -0.25) is 9.80 Å². The standard InChI is InChI=1S/C13H28N2O/c1-11(16)12(2,3)9-15-8-7-14(6)13(4,5)10-15/h11,16H,7-10H2,1-6H3. The molecule has 1 heterocycles. The van der Waals surface area contributed by atoms with E-state index < -0.39 is 0 Å². The molecule has 1 unspecified atom stereocenters. The van der Waals surface area contributed by atoms with Gasteiger partial charge in [-0.25, -0.2) is 0 Å². The van der Waals surface area contributed by atoms with E-state index >= 15 is 0 Å². The van der Waals surface area contributed by atoms with Gasteiger partial charge in [-0.05, 0) is 27.8 Å². The Kier molecular flexibility index (Phi) is 4.04. The average molecular weight is 228 g/mol. The summed E-state index contributed by atoms with van der Waals surface area (Å²) in [5.41, 5.74) is 0.221. The topological polar surface area (TPSA) is 26.7 Å². The Bertz CT molecular complexity index is 236. The molecule has 1 aliphatic heterocycles. The van der Waals surface area contributed by atoms with Crippen LogP contribution < -0.4 is 0 Å².